The van der Waals surface area contributed by atoms with Crippen LogP contribution >= 0.6 is 0 Å². The molecule has 0 amide bonds. The molecule has 6 nitrogen and oxygen atoms in total. The highest BCUT2D eigenvalue weighted by Crippen LogP contribution is 2.09. The average Bonchev–Trinajstić information content (AvgIpc) is 2.17. The lowest BCUT2D eigenvalue weighted by Crippen LogP contribution is -2.28. The number of sulfone groups is 1. The minimum atomic E-state index is -3.28. The summed E-state index contributed by atoms with van der Waals surface area (Å²) in [6.07, 6.45) is 0.232. The second-order valence-electron chi connectivity index (χ2n) is 3.58. The molecule has 0 spiro atoms. The van der Waals surface area contributed by atoms with Crippen molar-refractivity contribution in [2.24, 2.45) is 5.92 Å². The van der Waals surface area contributed by atoms with E-state index in [1.807, 2.05) is 0 Å². The van der Waals surface area contributed by atoms with E-state index in [0.29, 0.717) is 6.42 Å². The van der Waals surface area contributed by atoms with Gasteiger partial charge in [0.15, 0.2) is 5.92 Å². The predicted molar refractivity (Wildman–Crippen MR) is 61.3 cm³/mol. The molecule has 100 valence electrons. The Labute approximate surface area is 101 Å². The summed E-state index contributed by atoms with van der Waals surface area (Å²) < 4.78 is 27.4. The first-order chi connectivity index (χ1) is 7.84. The van der Waals surface area contributed by atoms with Crippen molar-refractivity contribution >= 4 is 21.8 Å². The van der Waals surface area contributed by atoms with Gasteiger partial charge in [-0.05, 0) is 19.8 Å². The third-order valence-electron chi connectivity index (χ3n) is 2.10. The van der Waals surface area contributed by atoms with Gasteiger partial charge in [0, 0.05) is 5.75 Å². The fourth-order valence-corrected chi connectivity index (χ4v) is 2.72. The molecule has 0 aromatic rings. The Morgan fingerprint density at radius 3 is 2.24 bits per heavy atom. The second-order valence-corrected chi connectivity index (χ2v) is 5.89. The van der Waals surface area contributed by atoms with Gasteiger partial charge in [-0.15, -0.1) is 0 Å². The zero-order valence-electron chi connectivity index (χ0n) is 10.0. The minimum Gasteiger partial charge on any atom is -0.481 e. The summed E-state index contributed by atoms with van der Waals surface area (Å²) in [7, 11) is -3.28. The molecular formula is C10H18O6S. The van der Waals surface area contributed by atoms with E-state index in [9.17, 15) is 18.0 Å². The van der Waals surface area contributed by atoms with E-state index in [0.717, 1.165) is 0 Å². The van der Waals surface area contributed by atoms with Crippen molar-refractivity contribution in [3.63, 3.8) is 0 Å². The van der Waals surface area contributed by atoms with Crippen LogP contribution in [0.15, 0.2) is 0 Å². The Kier molecular flexibility index (Phi) is 6.79. The van der Waals surface area contributed by atoms with Crippen LogP contribution in [0.2, 0.25) is 0 Å². The molecule has 0 aliphatic heterocycles. The molecule has 0 aromatic carbocycles. The van der Waals surface area contributed by atoms with Crippen LogP contribution in [0, 0.1) is 5.92 Å². The van der Waals surface area contributed by atoms with Crippen molar-refractivity contribution in [3.05, 3.63) is 0 Å². The summed E-state index contributed by atoms with van der Waals surface area (Å²) in [5, 5.41) is 8.80. The van der Waals surface area contributed by atoms with Crippen molar-refractivity contribution < 1.29 is 27.9 Å². The first-order valence-corrected chi connectivity index (χ1v) is 7.26. The van der Waals surface area contributed by atoms with Crippen LogP contribution in [-0.4, -0.2) is 43.6 Å². The van der Waals surface area contributed by atoms with Gasteiger partial charge in [-0.25, -0.2) is 8.42 Å². The van der Waals surface area contributed by atoms with E-state index in [-0.39, 0.29) is 24.5 Å². The number of carbonyl (C=O) groups excluding carboxylic acids is 1. The van der Waals surface area contributed by atoms with Gasteiger partial charge in [0.25, 0.3) is 0 Å². The quantitative estimate of drug-likeness (QED) is 0.506. The Morgan fingerprint density at radius 2 is 1.82 bits per heavy atom. The molecule has 7 heteroatoms. The summed E-state index contributed by atoms with van der Waals surface area (Å²) >= 11 is 0. The van der Waals surface area contributed by atoms with E-state index in [2.05, 4.69) is 4.74 Å². The Hall–Kier alpha value is -1.11. The zero-order valence-corrected chi connectivity index (χ0v) is 10.8. The SMILES string of the molecule is CCCS(=O)(=O)CCC(C(=O)O)C(=O)OCC. The van der Waals surface area contributed by atoms with Gasteiger partial charge in [0.1, 0.15) is 9.84 Å². The number of aliphatic carboxylic acids is 1. The van der Waals surface area contributed by atoms with E-state index < -0.39 is 27.7 Å². The molecule has 0 radical (unpaired) electrons. The summed E-state index contributed by atoms with van der Waals surface area (Å²) in [5.74, 6) is -3.94. The van der Waals surface area contributed by atoms with Gasteiger partial charge in [-0.1, -0.05) is 6.92 Å². The third-order valence-corrected chi connectivity index (χ3v) is 3.99. The third kappa shape index (κ3) is 6.25. The van der Waals surface area contributed by atoms with Gasteiger partial charge >= 0.3 is 11.9 Å². The Bertz CT molecular complexity index is 359. The number of carboxylic acid groups (broad SMARTS) is 1. The maximum Gasteiger partial charge on any atom is 0.320 e. The number of rotatable bonds is 8. The number of hydrogen-bond donors (Lipinski definition) is 1. The lowest BCUT2D eigenvalue weighted by atomic mass is 10.1. The lowest BCUT2D eigenvalue weighted by Gasteiger charge is -2.11. The molecule has 0 aliphatic rings. The molecular weight excluding hydrogens is 248 g/mol. The molecule has 1 atom stereocenters. The normalized spacial score (nSPS) is 13.1. The van der Waals surface area contributed by atoms with Gasteiger partial charge in [0.05, 0.1) is 12.4 Å². The molecule has 0 aromatic heterocycles. The summed E-state index contributed by atoms with van der Waals surface area (Å²) in [5.41, 5.74) is 0. The highest BCUT2D eigenvalue weighted by molar-refractivity contribution is 7.91. The fraction of sp³-hybridized carbons (Fsp3) is 0.800. The van der Waals surface area contributed by atoms with Crippen LogP contribution in [0.3, 0.4) is 0 Å². The summed E-state index contributed by atoms with van der Waals surface area (Å²) in [4.78, 5) is 22.1. The standard InChI is InChI=1S/C10H18O6S/c1-3-6-17(14,15)7-5-8(9(11)12)10(13)16-4-2/h8H,3-7H2,1-2H3,(H,11,12). The molecule has 1 unspecified atom stereocenters. The molecule has 0 saturated carbocycles. The van der Waals surface area contributed by atoms with Crippen molar-refractivity contribution in [2.75, 3.05) is 18.1 Å². The maximum absolute atomic E-state index is 11.4. The van der Waals surface area contributed by atoms with Crippen molar-refractivity contribution in [1.29, 1.82) is 0 Å². The number of esters is 1. The van der Waals surface area contributed by atoms with Crippen LogP contribution in [0.25, 0.3) is 0 Å². The van der Waals surface area contributed by atoms with Gasteiger partial charge in [-0.2, -0.15) is 0 Å². The highest BCUT2D eigenvalue weighted by atomic mass is 32.2. The van der Waals surface area contributed by atoms with Gasteiger partial charge in [-0.3, -0.25) is 9.59 Å². The molecule has 0 fully saturated rings. The first-order valence-electron chi connectivity index (χ1n) is 5.44. The van der Waals surface area contributed by atoms with Crippen LogP contribution in [0.1, 0.15) is 26.7 Å². The molecule has 1 N–H and O–H groups in total. The van der Waals surface area contributed by atoms with E-state index in [4.69, 9.17) is 5.11 Å². The molecule has 0 saturated heterocycles. The van der Waals surface area contributed by atoms with Gasteiger partial charge < -0.3 is 9.84 Å². The topological polar surface area (TPSA) is 97.7 Å². The van der Waals surface area contributed by atoms with Crippen LogP contribution < -0.4 is 0 Å². The molecule has 0 aliphatic carbocycles. The van der Waals surface area contributed by atoms with Crippen LogP contribution in [-0.2, 0) is 24.2 Å². The second kappa shape index (κ2) is 7.26. The number of hydrogen-bond acceptors (Lipinski definition) is 5. The van der Waals surface area contributed by atoms with Crippen molar-refractivity contribution in [1.82, 2.24) is 0 Å². The van der Waals surface area contributed by atoms with Crippen LogP contribution in [0.5, 0.6) is 0 Å². The minimum absolute atomic E-state index is 0.00215. The Morgan fingerprint density at radius 1 is 1.24 bits per heavy atom. The van der Waals surface area contributed by atoms with E-state index in [1.54, 1.807) is 13.8 Å². The number of carbonyl (C=O) groups is 2. The largest absolute Gasteiger partial charge is 0.481 e. The summed E-state index contributed by atoms with van der Waals surface area (Å²) in [6.45, 7) is 3.35. The monoisotopic (exact) mass is 266 g/mol. The molecule has 0 rings (SSSR count). The van der Waals surface area contributed by atoms with E-state index >= 15 is 0 Å². The van der Waals surface area contributed by atoms with Crippen molar-refractivity contribution in [3.8, 4) is 0 Å². The van der Waals surface area contributed by atoms with Gasteiger partial charge in [0.2, 0.25) is 0 Å². The van der Waals surface area contributed by atoms with E-state index in [1.165, 1.54) is 0 Å². The zero-order chi connectivity index (χ0) is 13.5. The summed E-state index contributed by atoms with van der Waals surface area (Å²) in [6, 6.07) is 0. The van der Waals surface area contributed by atoms with Crippen molar-refractivity contribution in [2.45, 2.75) is 26.7 Å². The molecule has 17 heavy (non-hydrogen) atoms. The number of carboxylic acids is 1. The molecule has 0 bridgehead atoms. The first kappa shape index (κ1) is 15.9. The fourth-order valence-electron chi connectivity index (χ4n) is 1.30. The Balaban J connectivity index is 4.48. The predicted octanol–water partition coefficient (Wildman–Crippen LogP) is 0.465. The smallest absolute Gasteiger partial charge is 0.320 e. The molecule has 0 heterocycles. The number of ether oxygens (including phenoxy) is 1. The highest BCUT2D eigenvalue weighted by Gasteiger charge is 2.29. The van der Waals surface area contributed by atoms with Crippen LogP contribution in [0.4, 0.5) is 0 Å². The lowest BCUT2D eigenvalue weighted by molar-refractivity contribution is -0.158. The maximum atomic E-state index is 11.4. The average molecular weight is 266 g/mol.